The lowest BCUT2D eigenvalue weighted by molar-refractivity contribution is -0.113. The molecule has 0 saturated heterocycles. The van der Waals surface area contributed by atoms with Crippen LogP contribution in [0, 0.1) is 18.6 Å². The molecule has 2 rings (SSSR count). The van der Waals surface area contributed by atoms with Crippen molar-refractivity contribution in [3.8, 4) is 0 Å². The molecular weight excluding hydrogens is 292 g/mol. The van der Waals surface area contributed by atoms with Gasteiger partial charge in [-0.1, -0.05) is 18.2 Å². The fourth-order valence-corrected chi connectivity index (χ4v) is 2.54. The second-order valence-corrected chi connectivity index (χ2v) is 5.64. The number of benzene rings is 2. The Morgan fingerprint density at radius 1 is 1.14 bits per heavy atom. The van der Waals surface area contributed by atoms with Crippen LogP contribution in [-0.4, -0.2) is 11.7 Å². The number of rotatable bonds is 5. The summed E-state index contributed by atoms with van der Waals surface area (Å²) in [6, 6.07) is 10.8. The summed E-state index contributed by atoms with van der Waals surface area (Å²) in [7, 11) is 0. The number of thioether (sulfide) groups is 1. The number of hydrogen-bond donors (Lipinski definition) is 1. The molecule has 0 aliphatic carbocycles. The quantitative estimate of drug-likeness (QED) is 0.899. The standard InChI is InChI=1S/C16H15F2NOS/c1-11-2-7-15(14(18)8-11)19-16(20)10-21-9-12-3-5-13(17)6-4-12/h2-8H,9-10H2,1H3,(H,19,20). The highest BCUT2D eigenvalue weighted by Gasteiger charge is 2.07. The van der Waals surface area contributed by atoms with Crippen LogP contribution in [0.5, 0.6) is 0 Å². The van der Waals surface area contributed by atoms with Crippen LogP contribution >= 0.6 is 11.8 Å². The molecule has 0 aliphatic heterocycles. The van der Waals surface area contributed by atoms with Gasteiger partial charge in [0.05, 0.1) is 11.4 Å². The molecule has 1 N–H and O–H groups in total. The van der Waals surface area contributed by atoms with Crippen molar-refractivity contribution in [3.63, 3.8) is 0 Å². The van der Waals surface area contributed by atoms with E-state index in [0.29, 0.717) is 5.75 Å². The number of nitrogens with one attached hydrogen (secondary N) is 1. The molecule has 0 spiro atoms. The second kappa shape index (κ2) is 7.22. The Morgan fingerprint density at radius 3 is 2.52 bits per heavy atom. The first-order valence-electron chi connectivity index (χ1n) is 6.43. The van der Waals surface area contributed by atoms with Crippen molar-refractivity contribution in [2.24, 2.45) is 0 Å². The lowest BCUT2D eigenvalue weighted by Gasteiger charge is -2.07. The molecule has 110 valence electrons. The Labute approximate surface area is 126 Å². The molecule has 21 heavy (non-hydrogen) atoms. The molecule has 1 amide bonds. The van der Waals surface area contributed by atoms with Gasteiger partial charge < -0.3 is 5.32 Å². The largest absolute Gasteiger partial charge is 0.323 e. The maximum Gasteiger partial charge on any atom is 0.234 e. The van der Waals surface area contributed by atoms with Gasteiger partial charge in [0.2, 0.25) is 5.91 Å². The van der Waals surface area contributed by atoms with Gasteiger partial charge in [0.25, 0.3) is 0 Å². The minimum atomic E-state index is -0.438. The maximum atomic E-state index is 13.6. The van der Waals surface area contributed by atoms with E-state index in [2.05, 4.69) is 5.32 Å². The van der Waals surface area contributed by atoms with Gasteiger partial charge in [0.15, 0.2) is 0 Å². The third-order valence-corrected chi connectivity index (χ3v) is 3.82. The summed E-state index contributed by atoms with van der Waals surface area (Å²) in [4.78, 5) is 11.7. The monoisotopic (exact) mass is 307 g/mol. The van der Waals surface area contributed by atoms with E-state index in [1.165, 1.54) is 30.0 Å². The summed E-state index contributed by atoms with van der Waals surface area (Å²) in [5.41, 5.74) is 1.93. The Morgan fingerprint density at radius 2 is 1.86 bits per heavy atom. The van der Waals surface area contributed by atoms with Crippen molar-refractivity contribution in [1.82, 2.24) is 0 Å². The number of amides is 1. The van der Waals surface area contributed by atoms with Crippen molar-refractivity contribution >= 4 is 23.4 Å². The van der Waals surface area contributed by atoms with Crippen molar-refractivity contribution in [3.05, 3.63) is 65.2 Å². The van der Waals surface area contributed by atoms with Crippen LogP contribution in [0.15, 0.2) is 42.5 Å². The Kier molecular flexibility index (Phi) is 5.33. The van der Waals surface area contributed by atoms with Crippen LogP contribution in [0.25, 0.3) is 0 Å². The molecule has 2 aromatic carbocycles. The number of anilines is 1. The number of halogens is 2. The Balaban J connectivity index is 1.81. The molecule has 0 heterocycles. The van der Waals surface area contributed by atoms with Gasteiger partial charge in [-0.3, -0.25) is 4.79 Å². The normalized spacial score (nSPS) is 10.4. The van der Waals surface area contributed by atoms with Crippen molar-refractivity contribution in [2.45, 2.75) is 12.7 Å². The average molecular weight is 307 g/mol. The highest BCUT2D eigenvalue weighted by Crippen LogP contribution is 2.17. The highest BCUT2D eigenvalue weighted by molar-refractivity contribution is 7.99. The molecule has 0 unspecified atom stereocenters. The zero-order chi connectivity index (χ0) is 15.2. The van der Waals surface area contributed by atoms with Crippen LogP contribution < -0.4 is 5.32 Å². The van der Waals surface area contributed by atoms with Crippen molar-refractivity contribution < 1.29 is 13.6 Å². The first-order valence-corrected chi connectivity index (χ1v) is 7.58. The lowest BCUT2D eigenvalue weighted by atomic mass is 10.2. The van der Waals surface area contributed by atoms with Gasteiger partial charge in [-0.2, -0.15) is 0 Å². The fourth-order valence-electron chi connectivity index (χ4n) is 1.75. The van der Waals surface area contributed by atoms with Gasteiger partial charge in [-0.25, -0.2) is 8.78 Å². The fraction of sp³-hybridized carbons (Fsp3) is 0.188. The first-order chi connectivity index (χ1) is 10.0. The van der Waals surface area contributed by atoms with E-state index in [1.807, 2.05) is 0 Å². The molecule has 2 aromatic rings. The van der Waals surface area contributed by atoms with E-state index >= 15 is 0 Å². The van der Waals surface area contributed by atoms with E-state index in [0.717, 1.165) is 11.1 Å². The van der Waals surface area contributed by atoms with Crippen LogP contribution in [0.1, 0.15) is 11.1 Å². The first kappa shape index (κ1) is 15.5. The van der Waals surface area contributed by atoms with Crippen LogP contribution in [0.2, 0.25) is 0 Å². The number of hydrogen-bond acceptors (Lipinski definition) is 2. The molecule has 0 bridgehead atoms. The van der Waals surface area contributed by atoms with E-state index in [1.54, 1.807) is 31.2 Å². The molecular formula is C16H15F2NOS. The smallest absolute Gasteiger partial charge is 0.234 e. The van der Waals surface area contributed by atoms with Gasteiger partial charge >= 0.3 is 0 Å². The lowest BCUT2D eigenvalue weighted by Crippen LogP contribution is -2.15. The Bertz CT molecular complexity index is 629. The van der Waals surface area contributed by atoms with Crippen molar-refractivity contribution in [2.75, 3.05) is 11.1 Å². The number of carbonyl (C=O) groups excluding carboxylic acids is 1. The minimum absolute atomic E-state index is 0.188. The molecule has 0 radical (unpaired) electrons. The predicted octanol–water partition coefficient (Wildman–Crippen LogP) is 4.15. The summed E-state index contributed by atoms with van der Waals surface area (Å²) >= 11 is 1.39. The molecule has 0 aromatic heterocycles. The maximum absolute atomic E-state index is 13.6. The number of carbonyl (C=O) groups is 1. The second-order valence-electron chi connectivity index (χ2n) is 4.65. The Hall–Kier alpha value is -1.88. The summed E-state index contributed by atoms with van der Waals surface area (Å²) in [6.45, 7) is 1.78. The van der Waals surface area contributed by atoms with Gasteiger partial charge in [-0.05, 0) is 42.3 Å². The van der Waals surface area contributed by atoms with Crippen molar-refractivity contribution in [1.29, 1.82) is 0 Å². The van der Waals surface area contributed by atoms with Gasteiger partial charge in [-0.15, -0.1) is 11.8 Å². The predicted molar refractivity (Wildman–Crippen MR) is 82.3 cm³/mol. The molecule has 0 fully saturated rings. The zero-order valence-corrected chi connectivity index (χ0v) is 12.3. The summed E-state index contributed by atoms with van der Waals surface area (Å²) in [5, 5.41) is 2.54. The van der Waals surface area contributed by atoms with E-state index in [4.69, 9.17) is 0 Å². The van der Waals surface area contributed by atoms with E-state index < -0.39 is 5.82 Å². The third kappa shape index (κ3) is 4.86. The van der Waals surface area contributed by atoms with Gasteiger partial charge in [0, 0.05) is 5.75 Å². The molecule has 0 atom stereocenters. The molecule has 2 nitrogen and oxygen atoms in total. The molecule has 5 heteroatoms. The SMILES string of the molecule is Cc1ccc(NC(=O)CSCc2ccc(F)cc2)c(F)c1. The van der Waals surface area contributed by atoms with E-state index in [9.17, 15) is 13.6 Å². The minimum Gasteiger partial charge on any atom is -0.323 e. The molecule has 0 saturated carbocycles. The highest BCUT2D eigenvalue weighted by atomic mass is 32.2. The third-order valence-electron chi connectivity index (χ3n) is 2.81. The van der Waals surface area contributed by atoms with Gasteiger partial charge in [0.1, 0.15) is 11.6 Å². The number of aryl methyl sites for hydroxylation is 1. The average Bonchev–Trinajstić information content (AvgIpc) is 2.44. The summed E-state index contributed by atoms with van der Waals surface area (Å²) < 4.78 is 26.3. The van der Waals surface area contributed by atoms with Crippen LogP contribution in [-0.2, 0) is 10.5 Å². The summed E-state index contributed by atoms with van der Waals surface area (Å²) in [6.07, 6.45) is 0. The van der Waals surface area contributed by atoms with E-state index in [-0.39, 0.29) is 23.2 Å². The molecule has 0 aliphatic rings. The van der Waals surface area contributed by atoms with Crippen LogP contribution in [0.4, 0.5) is 14.5 Å². The van der Waals surface area contributed by atoms with Crippen LogP contribution in [0.3, 0.4) is 0 Å². The zero-order valence-electron chi connectivity index (χ0n) is 11.5. The summed E-state index contributed by atoms with van der Waals surface area (Å²) in [5.74, 6) is -0.164. The topological polar surface area (TPSA) is 29.1 Å².